The highest BCUT2D eigenvalue weighted by Gasteiger charge is 2.12. The van der Waals surface area contributed by atoms with Crippen molar-refractivity contribution in [2.75, 3.05) is 0 Å². The number of halogens is 2. The molecule has 0 spiro atoms. The van der Waals surface area contributed by atoms with Gasteiger partial charge >= 0.3 is 5.97 Å². The van der Waals surface area contributed by atoms with Crippen LogP contribution in [-0.2, 0) is 6.54 Å². The molecule has 19 heavy (non-hydrogen) atoms. The highest BCUT2D eigenvalue weighted by Crippen LogP contribution is 2.23. The number of benzene rings is 1. The van der Waals surface area contributed by atoms with E-state index in [-0.39, 0.29) is 5.56 Å². The number of carboxylic acids is 1. The highest BCUT2D eigenvalue weighted by atomic mass is 79.9. The fraction of sp³-hybridized carbons (Fsp3) is 0.231. The quantitative estimate of drug-likeness (QED) is 0.925. The molecule has 0 saturated carbocycles. The first-order valence-electron chi connectivity index (χ1n) is 5.61. The average Bonchev–Trinajstić information content (AvgIpc) is 2.59. The van der Waals surface area contributed by atoms with Crippen LogP contribution in [0.3, 0.4) is 0 Å². The molecule has 0 saturated heterocycles. The maximum atomic E-state index is 10.9. The van der Waals surface area contributed by atoms with E-state index in [1.54, 1.807) is 22.9 Å². The van der Waals surface area contributed by atoms with Crippen molar-refractivity contribution >= 4 is 33.5 Å². The lowest BCUT2D eigenvalue weighted by molar-refractivity contribution is 0.0697. The summed E-state index contributed by atoms with van der Waals surface area (Å²) >= 11 is 9.48. The van der Waals surface area contributed by atoms with Gasteiger partial charge in [-0.1, -0.05) is 33.6 Å². The molecule has 0 aliphatic rings. The van der Waals surface area contributed by atoms with Crippen molar-refractivity contribution in [3.05, 3.63) is 50.2 Å². The third kappa shape index (κ3) is 2.82. The van der Waals surface area contributed by atoms with Gasteiger partial charge in [0.1, 0.15) is 0 Å². The first-order valence-corrected chi connectivity index (χ1v) is 6.78. The van der Waals surface area contributed by atoms with Crippen molar-refractivity contribution in [2.24, 2.45) is 0 Å². The van der Waals surface area contributed by atoms with Crippen LogP contribution in [0.2, 0.25) is 5.02 Å². The van der Waals surface area contributed by atoms with Gasteiger partial charge in [0, 0.05) is 4.47 Å². The fourth-order valence-corrected chi connectivity index (χ4v) is 2.44. The van der Waals surface area contributed by atoms with Crippen LogP contribution in [0.1, 0.15) is 27.3 Å². The summed E-state index contributed by atoms with van der Waals surface area (Å²) in [4.78, 5) is 10.9. The van der Waals surface area contributed by atoms with Gasteiger partial charge in [-0.2, -0.15) is 5.10 Å². The predicted molar refractivity (Wildman–Crippen MR) is 76.9 cm³/mol. The third-order valence-corrected chi connectivity index (χ3v) is 4.20. The summed E-state index contributed by atoms with van der Waals surface area (Å²) in [5, 5.41) is 13.9. The standard InChI is InChI=1S/C13H12BrClN2O2/c1-7-12(15)8(2)17(16-7)6-10-4-3-9(13(18)19)5-11(10)14/h3-5H,6H2,1-2H3,(H,18,19). The third-order valence-electron chi connectivity index (χ3n) is 2.91. The Hall–Kier alpha value is -1.33. The molecule has 4 nitrogen and oxygen atoms in total. The van der Waals surface area contributed by atoms with Crippen LogP contribution in [0.15, 0.2) is 22.7 Å². The summed E-state index contributed by atoms with van der Waals surface area (Å²) in [5.74, 6) is -0.943. The minimum absolute atomic E-state index is 0.252. The summed E-state index contributed by atoms with van der Waals surface area (Å²) in [6.07, 6.45) is 0. The SMILES string of the molecule is Cc1nn(Cc2ccc(C(=O)O)cc2Br)c(C)c1Cl. The van der Waals surface area contributed by atoms with Gasteiger partial charge in [0.15, 0.2) is 0 Å². The van der Waals surface area contributed by atoms with E-state index in [9.17, 15) is 4.79 Å². The lowest BCUT2D eigenvalue weighted by atomic mass is 10.1. The minimum atomic E-state index is -0.943. The van der Waals surface area contributed by atoms with Crippen molar-refractivity contribution in [1.29, 1.82) is 0 Å². The normalized spacial score (nSPS) is 10.7. The molecule has 0 amide bonds. The van der Waals surface area contributed by atoms with E-state index in [1.807, 2.05) is 13.8 Å². The van der Waals surface area contributed by atoms with Crippen molar-refractivity contribution in [2.45, 2.75) is 20.4 Å². The van der Waals surface area contributed by atoms with Crippen molar-refractivity contribution in [3.8, 4) is 0 Å². The summed E-state index contributed by atoms with van der Waals surface area (Å²) in [7, 11) is 0. The zero-order valence-electron chi connectivity index (χ0n) is 10.4. The molecule has 0 atom stereocenters. The van der Waals surface area contributed by atoms with Crippen LogP contribution >= 0.6 is 27.5 Å². The summed E-state index contributed by atoms with van der Waals surface area (Å²) < 4.78 is 2.55. The predicted octanol–water partition coefficient (Wildman–Crippen LogP) is 3.66. The highest BCUT2D eigenvalue weighted by molar-refractivity contribution is 9.10. The maximum Gasteiger partial charge on any atom is 0.335 e. The fourth-order valence-electron chi connectivity index (χ4n) is 1.80. The molecule has 6 heteroatoms. The molecular formula is C13H12BrClN2O2. The Bertz CT molecular complexity index is 652. The number of hydrogen-bond donors (Lipinski definition) is 1. The van der Waals surface area contributed by atoms with Gasteiger partial charge in [-0.3, -0.25) is 4.68 Å². The lowest BCUT2D eigenvalue weighted by Crippen LogP contribution is -2.05. The lowest BCUT2D eigenvalue weighted by Gasteiger charge is -2.08. The number of aromatic nitrogens is 2. The zero-order valence-corrected chi connectivity index (χ0v) is 12.8. The Morgan fingerprint density at radius 2 is 2.16 bits per heavy atom. The van der Waals surface area contributed by atoms with Crippen LogP contribution < -0.4 is 0 Å². The van der Waals surface area contributed by atoms with Gasteiger partial charge in [-0.15, -0.1) is 0 Å². The zero-order chi connectivity index (χ0) is 14.2. The van der Waals surface area contributed by atoms with Crippen LogP contribution in [0.4, 0.5) is 0 Å². The molecule has 1 N–H and O–H groups in total. The monoisotopic (exact) mass is 342 g/mol. The molecule has 1 heterocycles. The number of nitrogens with zero attached hydrogens (tertiary/aromatic N) is 2. The molecule has 0 aliphatic carbocycles. The topological polar surface area (TPSA) is 55.1 Å². The van der Waals surface area contributed by atoms with Crippen LogP contribution in [0.5, 0.6) is 0 Å². The average molecular weight is 344 g/mol. The summed E-state index contributed by atoms with van der Waals surface area (Å²) in [6, 6.07) is 4.94. The Balaban J connectivity index is 2.33. The molecule has 0 bridgehead atoms. The molecule has 2 rings (SSSR count). The van der Waals surface area contributed by atoms with Gasteiger partial charge in [0.25, 0.3) is 0 Å². The molecule has 0 aliphatic heterocycles. The van der Waals surface area contributed by atoms with Gasteiger partial charge in [0.2, 0.25) is 0 Å². The molecular weight excluding hydrogens is 332 g/mol. The second-order valence-electron chi connectivity index (χ2n) is 4.25. The van der Waals surface area contributed by atoms with Crippen molar-refractivity contribution in [1.82, 2.24) is 9.78 Å². The number of rotatable bonds is 3. The van der Waals surface area contributed by atoms with E-state index in [4.69, 9.17) is 16.7 Å². The Labute approximate surface area is 124 Å². The second-order valence-corrected chi connectivity index (χ2v) is 5.49. The second kappa shape index (κ2) is 5.35. The molecule has 1 aromatic heterocycles. The Kier molecular flexibility index (Phi) is 3.96. The number of carboxylic acid groups (broad SMARTS) is 1. The van der Waals surface area contributed by atoms with Crippen LogP contribution in [0, 0.1) is 13.8 Å². The Morgan fingerprint density at radius 1 is 1.47 bits per heavy atom. The van der Waals surface area contributed by atoms with E-state index in [0.717, 1.165) is 21.4 Å². The first-order chi connectivity index (χ1) is 8.90. The van der Waals surface area contributed by atoms with Crippen LogP contribution in [0.25, 0.3) is 0 Å². The van der Waals surface area contributed by atoms with E-state index in [0.29, 0.717) is 11.6 Å². The Morgan fingerprint density at radius 3 is 2.63 bits per heavy atom. The largest absolute Gasteiger partial charge is 0.478 e. The van der Waals surface area contributed by atoms with Gasteiger partial charge in [0.05, 0.1) is 28.5 Å². The number of hydrogen-bond acceptors (Lipinski definition) is 2. The van der Waals surface area contributed by atoms with Crippen molar-refractivity contribution in [3.63, 3.8) is 0 Å². The van der Waals surface area contributed by atoms with E-state index in [1.165, 1.54) is 0 Å². The smallest absolute Gasteiger partial charge is 0.335 e. The molecule has 1 aromatic carbocycles. The molecule has 0 radical (unpaired) electrons. The summed E-state index contributed by atoms with van der Waals surface area (Å²) in [6.45, 7) is 4.30. The maximum absolute atomic E-state index is 10.9. The molecule has 100 valence electrons. The van der Waals surface area contributed by atoms with Gasteiger partial charge in [-0.25, -0.2) is 4.79 Å². The van der Waals surface area contributed by atoms with Crippen molar-refractivity contribution < 1.29 is 9.90 Å². The number of aryl methyl sites for hydroxylation is 1. The van der Waals surface area contributed by atoms with E-state index < -0.39 is 5.97 Å². The number of aromatic carboxylic acids is 1. The minimum Gasteiger partial charge on any atom is -0.478 e. The van der Waals surface area contributed by atoms with E-state index >= 15 is 0 Å². The van der Waals surface area contributed by atoms with Gasteiger partial charge < -0.3 is 5.11 Å². The molecule has 2 aromatic rings. The summed E-state index contributed by atoms with van der Waals surface area (Å²) in [5.41, 5.74) is 2.89. The molecule has 0 unspecified atom stereocenters. The van der Waals surface area contributed by atoms with Gasteiger partial charge in [-0.05, 0) is 31.5 Å². The number of carbonyl (C=O) groups is 1. The first kappa shape index (κ1) is 14.1. The molecule has 0 fully saturated rings. The van der Waals surface area contributed by atoms with E-state index in [2.05, 4.69) is 21.0 Å². The van der Waals surface area contributed by atoms with Crippen LogP contribution in [-0.4, -0.2) is 20.9 Å².